The van der Waals surface area contributed by atoms with Gasteiger partial charge in [-0.1, -0.05) is 6.07 Å². The van der Waals surface area contributed by atoms with Crippen molar-refractivity contribution in [1.82, 2.24) is 10.6 Å². The fraction of sp³-hybridized carbons (Fsp3) is 0.500. The van der Waals surface area contributed by atoms with E-state index < -0.39 is 5.54 Å². The minimum atomic E-state index is -0.635. The topological polar surface area (TPSA) is 84.2 Å². The zero-order valence-corrected chi connectivity index (χ0v) is 11.0. The largest absolute Gasteiger partial charge is 0.368 e. The molecule has 98 valence electrons. The maximum Gasteiger partial charge on any atom is 0.237 e. The Labute approximate surface area is 110 Å². The van der Waals surface area contributed by atoms with E-state index in [1.54, 1.807) is 11.3 Å². The molecular weight excluding hydrogens is 250 g/mol. The monoisotopic (exact) mass is 267 g/mol. The molecule has 1 aromatic rings. The van der Waals surface area contributed by atoms with E-state index in [0.29, 0.717) is 0 Å². The average Bonchev–Trinajstić information content (AvgIpc) is 2.92. The lowest BCUT2D eigenvalue weighted by Gasteiger charge is -2.15. The van der Waals surface area contributed by atoms with Crippen LogP contribution >= 0.6 is 11.3 Å². The summed E-state index contributed by atoms with van der Waals surface area (Å²) in [4.78, 5) is 24.0. The fourth-order valence-electron chi connectivity index (χ4n) is 1.79. The quantitative estimate of drug-likeness (QED) is 0.703. The number of thiophene rings is 1. The summed E-state index contributed by atoms with van der Waals surface area (Å²) in [5.74, 6) is -0.495. The van der Waals surface area contributed by atoms with Crippen molar-refractivity contribution in [2.75, 3.05) is 6.54 Å². The molecule has 0 bridgehead atoms. The molecule has 1 aliphatic rings. The van der Waals surface area contributed by atoms with Gasteiger partial charge in [0, 0.05) is 4.88 Å². The highest BCUT2D eigenvalue weighted by Gasteiger charge is 2.48. The highest BCUT2D eigenvalue weighted by molar-refractivity contribution is 7.10. The minimum absolute atomic E-state index is 0.0111. The summed E-state index contributed by atoms with van der Waals surface area (Å²) in [6, 6.07) is 3.92. The zero-order chi connectivity index (χ0) is 13.2. The van der Waals surface area contributed by atoms with Gasteiger partial charge >= 0.3 is 0 Å². The Kier molecular flexibility index (Phi) is 3.68. The predicted octanol–water partition coefficient (Wildman–Crippen LogP) is 0.533. The van der Waals surface area contributed by atoms with Crippen molar-refractivity contribution in [1.29, 1.82) is 0 Å². The Balaban J connectivity index is 1.78. The van der Waals surface area contributed by atoms with Gasteiger partial charge in [-0.25, -0.2) is 0 Å². The van der Waals surface area contributed by atoms with Gasteiger partial charge in [0.25, 0.3) is 0 Å². The number of nitrogens with one attached hydrogen (secondary N) is 2. The van der Waals surface area contributed by atoms with Crippen LogP contribution in [0.2, 0.25) is 0 Å². The number of hydrogen-bond acceptors (Lipinski definition) is 4. The van der Waals surface area contributed by atoms with Crippen LogP contribution in [0.4, 0.5) is 0 Å². The van der Waals surface area contributed by atoms with Gasteiger partial charge in [-0.05, 0) is 31.2 Å². The predicted molar refractivity (Wildman–Crippen MR) is 70.0 cm³/mol. The van der Waals surface area contributed by atoms with Crippen LogP contribution < -0.4 is 16.4 Å². The van der Waals surface area contributed by atoms with E-state index in [-0.39, 0.29) is 24.4 Å². The van der Waals surface area contributed by atoms with Crippen LogP contribution in [-0.2, 0) is 9.59 Å². The van der Waals surface area contributed by atoms with Crippen molar-refractivity contribution in [3.63, 3.8) is 0 Å². The van der Waals surface area contributed by atoms with Gasteiger partial charge < -0.3 is 11.1 Å². The molecule has 4 N–H and O–H groups in total. The zero-order valence-electron chi connectivity index (χ0n) is 10.2. The van der Waals surface area contributed by atoms with Gasteiger partial charge in [-0.15, -0.1) is 11.3 Å². The number of hydrogen-bond donors (Lipinski definition) is 3. The van der Waals surface area contributed by atoms with Crippen molar-refractivity contribution >= 4 is 23.2 Å². The van der Waals surface area contributed by atoms with Crippen LogP contribution in [0.1, 0.15) is 30.7 Å². The Morgan fingerprint density at radius 1 is 1.56 bits per heavy atom. The number of carbonyl (C=O) groups is 2. The highest BCUT2D eigenvalue weighted by atomic mass is 32.1. The van der Waals surface area contributed by atoms with Crippen LogP contribution in [0.15, 0.2) is 17.5 Å². The van der Waals surface area contributed by atoms with Crippen molar-refractivity contribution in [2.24, 2.45) is 5.73 Å². The first-order valence-corrected chi connectivity index (χ1v) is 6.79. The molecule has 18 heavy (non-hydrogen) atoms. The first kappa shape index (κ1) is 13.0. The first-order valence-electron chi connectivity index (χ1n) is 5.91. The SMILES string of the molecule is C[C@H](NC(=O)CNC1(C(N)=O)CC1)c1cccs1. The van der Waals surface area contributed by atoms with Gasteiger partial charge in [-0.3, -0.25) is 14.9 Å². The lowest BCUT2D eigenvalue weighted by atomic mass is 10.2. The Bertz CT molecular complexity index is 440. The maximum absolute atomic E-state index is 11.7. The molecule has 1 fully saturated rings. The number of carbonyl (C=O) groups excluding carboxylic acids is 2. The Morgan fingerprint density at radius 3 is 2.78 bits per heavy atom. The molecule has 5 nitrogen and oxygen atoms in total. The van der Waals surface area contributed by atoms with Crippen LogP contribution in [0.5, 0.6) is 0 Å². The van der Waals surface area contributed by atoms with Crippen LogP contribution in [0.25, 0.3) is 0 Å². The molecule has 2 amide bonds. The third-order valence-corrected chi connectivity index (χ3v) is 4.21. The van der Waals surface area contributed by atoms with E-state index in [1.807, 2.05) is 24.4 Å². The lowest BCUT2D eigenvalue weighted by molar-refractivity contribution is -0.122. The van der Waals surface area contributed by atoms with Crippen LogP contribution in [0.3, 0.4) is 0 Å². The van der Waals surface area contributed by atoms with E-state index in [4.69, 9.17) is 5.73 Å². The number of rotatable bonds is 6. The maximum atomic E-state index is 11.7. The van der Waals surface area contributed by atoms with Gasteiger partial charge in [0.05, 0.1) is 18.1 Å². The third kappa shape index (κ3) is 2.88. The standard InChI is InChI=1S/C12H17N3O2S/c1-8(9-3-2-6-18-9)15-10(16)7-14-12(4-5-12)11(13)17/h2-3,6,8,14H,4-5,7H2,1H3,(H2,13,17)(H,15,16)/t8-/m0/s1. The molecule has 1 atom stereocenters. The Hall–Kier alpha value is -1.40. The lowest BCUT2D eigenvalue weighted by Crippen LogP contribution is -2.48. The summed E-state index contributed by atoms with van der Waals surface area (Å²) >= 11 is 1.60. The highest BCUT2D eigenvalue weighted by Crippen LogP contribution is 2.34. The first-order chi connectivity index (χ1) is 8.53. The normalized spacial score (nSPS) is 18.1. The van der Waals surface area contributed by atoms with Gasteiger partial charge in [0.15, 0.2) is 0 Å². The molecule has 0 unspecified atom stereocenters. The molecule has 0 spiro atoms. The summed E-state index contributed by atoms with van der Waals surface area (Å²) in [7, 11) is 0. The fourth-order valence-corrected chi connectivity index (χ4v) is 2.52. The van der Waals surface area contributed by atoms with Crippen molar-refractivity contribution in [3.05, 3.63) is 22.4 Å². The molecule has 1 saturated carbocycles. The molecule has 1 heterocycles. The number of nitrogens with two attached hydrogens (primary N) is 1. The second-order valence-electron chi connectivity index (χ2n) is 4.60. The second kappa shape index (κ2) is 5.07. The van der Waals surface area contributed by atoms with Crippen LogP contribution in [-0.4, -0.2) is 23.9 Å². The average molecular weight is 267 g/mol. The summed E-state index contributed by atoms with van der Waals surface area (Å²) in [5.41, 5.74) is 4.63. The molecular formula is C12H17N3O2S. The third-order valence-electron chi connectivity index (χ3n) is 3.16. The smallest absolute Gasteiger partial charge is 0.237 e. The minimum Gasteiger partial charge on any atom is -0.368 e. The van der Waals surface area contributed by atoms with Gasteiger partial charge in [-0.2, -0.15) is 0 Å². The van der Waals surface area contributed by atoms with Gasteiger partial charge in [0.1, 0.15) is 0 Å². The second-order valence-corrected chi connectivity index (χ2v) is 5.58. The molecule has 0 radical (unpaired) electrons. The molecule has 1 aromatic heterocycles. The van der Waals surface area contributed by atoms with E-state index >= 15 is 0 Å². The summed E-state index contributed by atoms with van der Waals surface area (Å²) < 4.78 is 0. The number of primary amides is 1. The number of amides is 2. The van der Waals surface area contributed by atoms with E-state index in [1.165, 1.54) is 0 Å². The van der Waals surface area contributed by atoms with Crippen LogP contribution in [0, 0.1) is 0 Å². The van der Waals surface area contributed by atoms with Crippen molar-refractivity contribution in [2.45, 2.75) is 31.3 Å². The Morgan fingerprint density at radius 2 is 2.28 bits per heavy atom. The molecule has 0 aromatic carbocycles. The van der Waals surface area contributed by atoms with Gasteiger partial charge in [0.2, 0.25) is 11.8 Å². The molecule has 0 saturated heterocycles. The summed E-state index contributed by atoms with van der Waals surface area (Å²) in [6.07, 6.45) is 1.44. The summed E-state index contributed by atoms with van der Waals surface area (Å²) in [6.45, 7) is 2.06. The van der Waals surface area contributed by atoms with Crippen molar-refractivity contribution in [3.8, 4) is 0 Å². The molecule has 2 rings (SSSR count). The molecule has 0 aliphatic heterocycles. The molecule has 6 heteroatoms. The van der Waals surface area contributed by atoms with E-state index in [0.717, 1.165) is 17.7 Å². The summed E-state index contributed by atoms with van der Waals surface area (Å²) in [5, 5.41) is 7.79. The molecule has 1 aliphatic carbocycles. The van der Waals surface area contributed by atoms with Crippen molar-refractivity contribution < 1.29 is 9.59 Å². The van der Waals surface area contributed by atoms with E-state index in [9.17, 15) is 9.59 Å². The van der Waals surface area contributed by atoms with E-state index in [2.05, 4.69) is 10.6 Å².